The molecule has 0 bridgehead atoms. The smallest absolute Gasteiger partial charge is 0.137 e. The predicted molar refractivity (Wildman–Crippen MR) is 60.4 cm³/mol. The lowest BCUT2D eigenvalue weighted by molar-refractivity contribution is 0.0818. The minimum atomic E-state index is 0.471. The van der Waals surface area contributed by atoms with E-state index in [2.05, 4.69) is 18.8 Å². The van der Waals surface area contributed by atoms with Crippen LogP contribution in [0.5, 0.6) is 5.75 Å². The molecule has 0 amide bonds. The van der Waals surface area contributed by atoms with Crippen LogP contribution in [0.15, 0.2) is 18.3 Å². The Labute approximate surface area is 95.4 Å². The molecule has 1 aromatic rings. The SMILES string of the molecule is CC(C)COCCOc1ccc(Cl)nc1. The maximum absolute atomic E-state index is 5.64. The number of rotatable bonds is 6. The van der Waals surface area contributed by atoms with Crippen molar-refractivity contribution in [2.45, 2.75) is 13.8 Å². The third kappa shape index (κ3) is 5.60. The van der Waals surface area contributed by atoms with Gasteiger partial charge in [-0.25, -0.2) is 4.98 Å². The van der Waals surface area contributed by atoms with E-state index in [1.54, 1.807) is 18.3 Å². The predicted octanol–water partition coefficient (Wildman–Crippen LogP) is 2.79. The minimum absolute atomic E-state index is 0.471. The standard InChI is InChI=1S/C11H16ClNO2/c1-9(2)8-14-5-6-15-10-3-4-11(12)13-7-10/h3-4,7,9H,5-6,8H2,1-2H3. The van der Waals surface area contributed by atoms with Crippen molar-refractivity contribution in [3.05, 3.63) is 23.5 Å². The molecule has 0 aliphatic heterocycles. The maximum Gasteiger partial charge on any atom is 0.137 e. The summed E-state index contributed by atoms with van der Waals surface area (Å²) in [6, 6.07) is 3.49. The number of hydrogen-bond acceptors (Lipinski definition) is 3. The van der Waals surface area contributed by atoms with Gasteiger partial charge in [0.2, 0.25) is 0 Å². The summed E-state index contributed by atoms with van der Waals surface area (Å²) >= 11 is 5.64. The first-order chi connectivity index (χ1) is 7.18. The van der Waals surface area contributed by atoms with Crippen molar-refractivity contribution in [2.75, 3.05) is 19.8 Å². The third-order valence-corrected chi connectivity index (χ3v) is 1.87. The van der Waals surface area contributed by atoms with Crippen LogP contribution in [0.3, 0.4) is 0 Å². The van der Waals surface area contributed by atoms with Crippen LogP contribution in [0, 0.1) is 5.92 Å². The highest BCUT2D eigenvalue weighted by Gasteiger charge is 1.96. The van der Waals surface area contributed by atoms with E-state index in [9.17, 15) is 0 Å². The number of nitrogens with zero attached hydrogens (tertiary/aromatic N) is 1. The van der Waals surface area contributed by atoms with E-state index in [1.807, 2.05) is 0 Å². The molecule has 3 nitrogen and oxygen atoms in total. The maximum atomic E-state index is 5.64. The van der Waals surface area contributed by atoms with Crippen LogP contribution in [0.4, 0.5) is 0 Å². The quantitative estimate of drug-likeness (QED) is 0.555. The highest BCUT2D eigenvalue weighted by atomic mass is 35.5. The summed E-state index contributed by atoms with van der Waals surface area (Å²) in [4.78, 5) is 3.91. The molecule has 0 radical (unpaired) electrons. The van der Waals surface area contributed by atoms with Crippen LogP contribution in [0.2, 0.25) is 5.15 Å². The van der Waals surface area contributed by atoms with Gasteiger partial charge in [0.25, 0.3) is 0 Å². The summed E-state index contributed by atoms with van der Waals surface area (Å²) in [6.45, 7) is 6.13. The molecule has 4 heteroatoms. The molecule has 1 heterocycles. The Kier molecular flexibility index (Phi) is 5.43. The van der Waals surface area contributed by atoms with Crippen molar-refractivity contribution in [2.24, 2.45) is 5.92 Å². The van der Waals surface area contributed by atoms with Crippen LogP contribution < -0.4 is 4.74 Å². The Morgan fingerprint density at radius 1 is 1.33 bits per heavy atom. The molecule has 0 aromatic carbocycles. The van der Waals surface area contributed by atoms with E-state index in [0.717, 1.165) is 6.61 Å². The Morgan fingerprint density at radius 2 is 2.13 bits per heavy atom. The third-order valence-electron chi connectivity index (χ3n) is 1.65. The monoisotopic (exact) mass is 229 g/mol. The molecule has 1 rings (SSSR count). The summed E-state index contributed by atoms with van der Waals surface area (Å²) in [7, 11) is 0. The molecule has 0 aliphatic rings. The zero-order valence-corrected chi connectivity index (χ0v) is 9.83. The van der Waals surface area contributed by atoms with Gasteiger partial charge in [-0.15, -0.1) is 0 Å². The molecule has 0 aliphatic carbocycles. The van der Waals surface area contributed by atoms with Crippen LogP contribution in [0.25, 0.3) is 0 Å². The number of ether oxygens (including phenoxy) is 2. The van der Waals surface area contributed by atoms with Gasteiger partial charge in [-0.05, 0) is 18.1 Å². The molecular formula is C11H16ClNO2. The van der Waals surface area contributed by atoms with Gasteiger partial charge in [-0.1, -0.05) is 25.4 Å². The van der Waals surface area contributed by atoms with Crippen molar-refractivity contribution < 1.29 is 9.47 Å². The van der Waals surface area contributed by atoms with E-state index in [4.69, 9.17) is 21.1 Å². The summed E-state index contributed by atoms with van der Waals surface area (Å²) in [5, 5.41) is 0.471. The van der Waals surface area contributed by atoms with Crippen LogP contribution in [-0.2, 0) is 4.74 Å². The fraction of sp³-hybridized carbons (Fsp3) is 0.545. The van der Waals surface area contributed by atoms with Gasteiger partial charge in [0, 0.05) is 6.61 Å². The normalized spacial score (nSPS) is 10.7. The molecule has 0 fully saturated rings. The van der Waals surface area contributed by atoms with E-state index in [1.165, 1.54) is 0 Å². The second-order valence-corrected chi connectivity index (χ2v) is 4.02. The molecule has 0 atom stereocenters. The fourth-order valence-corrected chi connectivity index (χ4v) is 1.10. The van der Waals surface area contributed by atoms with Gasteiger partial charge in [-0.3, -0.25) is 0 Å². The molecule has 84 valence electrons. The van der Waals surface area contributed by atoms with Gasteiger partial charge >= 0.3 is 0 Å². The summed E-state index contributed by atoms with van der Waals surface area (Å²) in [5.41, 5.74) is 0. The lowest BCUT2D eigenvalue weighted by atomic mass is 10.2. The molecule has 0 saturated heterocycles. The minimum Gasteiger partial charge on any atom is -0.490 e. The van der Waals surface area contributed by atoms with Crippen molar-refractivity contribution in [1.82, 2.24) is 4.98 Å². The van der Waals surface area contributed by atoms with Crippen LogP contribution in [-0.4, -0.2) is 24.8 Å². The molecule has 0 unspecified atom stereocenters. The van der Waals surface area contributed by atoms with Crippen molar-refractivity contribution in [3.63, 3.8) is 0 Å². The Morgan fingerprint density at radius 3 is 2.73 bits per heavy atom. The van der Waals surface area contributed by atoms with Gasteiger partial charge < -0.3 is 9.47 Å². The van der Waals surface area contributed by atoms with Gasteiger partial charge in [0.05, 0.1) is 12.8 Å². The van der Waals surface area contributed by atoms with Crippen molar-refractivity contribution >= 4 is 11.6 Å². The average Bonchev–Trinajstić information content (AvgIpc) is 2.20. The zero-order chi connectivity index (χ0) is 11.1. The average molecular weight is 230 g/mol. The van der Waals surface area contributed by atoms with Gasteiger partial charge in [0.15, 0.2) is 0 Å². The Hall–Kier alpha value is -0.800. The number of aromatic nitrogens is 1. The number of hydrogen-bond donors (Lipinski definition) is 0. The topological polar surface area (TPSA) is 31.4 Å². The zero-order valence-electron chi connectivity index (χ0n) is 9.07. The first kappa shape index (κ1) is 12.3. The first-order valence-electron chi connectivity index (χ1n) is 5.00. The Balaban J connectivity index is 2.12. The summed E-state index contributed by atoms with van der Waals surface area (Å²) in [6.07, 6.45) is 1.60. The fourth-order valence-electron chi connectivity index (χ4n) is 0.985. The molecule has 15 heavy (non-hydrogen) atoms. The lowest BCUT2D eigenvalue weighted by Crippen LogP contribution is -2.10. The van der Waals surface area contributed by atoms with Crippen molar-refractivity contribution in [3.8, 4) is 5.75 Å². The largest absolute Gasteiger partial charge is 0.490 e. The highest BCUT2D eigenvalue weighted by molar-refractivity contribution is 6.29. The Bertz CT molecular complexity index is 274. The molecular weight excluding hydrogens is 214 g/mol. The van der Waals surface area contributed by atoms with Crippen LogP contribution >= 0.6 is 11.6 Å². The summed E-state index contributed by atoms with van der Waals surface area (Å²) < 4.78 is 10.8. The molecule has 0 spiro atoms. The van der Waals surface area contributed by atoms with Crippen molar-refractivity contribution in [1.29, 1.82) is 0 Å². The van der Waals surface area contributed by atoms with Gasteiger partial charge in [-0.2, -0.15) is 0 Å². The second-order valence-electron chi connectivity index (χ2n) is 3.63. The second kappa shape index (κ2) is 6.64. The number of pyridine rings is 1. The molecule has 0 saturated carbocycles. The van der Waals surface area contributed by atoms with E-state index in [0.29, 0.717) is 30.0 Å². The van der Waals surface area contributed by atoms with E-state index >= 15 is 0 Å². The first-order valence-corrected chi connectivity index (χ1v) is 5.38. The number of halogens is 1. The van der Waals surface area contributed by atoms with E-state index in [-0.39, 0.29) is 0 Å². The lowest BCUT2D eigenvalue weighted by Gasteiger charge is -2.08. The van der Waals surface area contributed by atoms with Crippen LogP contribution in [0.1, 0.15) is 13.8 Å². The summed E-state index contributed by atoms with van der Waals surface area (Å²) in [5.74, 6) is 1.27. The van der Waals surface area contributed by atoms with E-state index < -0.39 is 0 Å². The molecule has 0 N–H and O–H groups in total. The van der Waals surface area contributed by atoms with Gasteiger partial charge in [0.1, 0.15) is 17.5 Å². The highest BCUT2D eigenvalue weighted by Crippen LogP contribution is 2.11. The molecule has 1 aromatic heterocycles.